The maximum Gasteiger partial charge on any atom is 0.103 e. The summed E-state index contributed by atoms with van der Waals surface area (Å²) in [7, 11) is 0. The first-order valence-electron chi connectivity index (χ1n) is 13.1. The van der Waals surface area contributed by atoms with Crippen molar-refractivity contribution in [2.75, 3.05) is 0 Å². The predicted octanol–water partition coefficient (Wildman–Crippen LogP) is 8.36. The van der Waals surface area contributed by atoms with Crippen molar-refractivity contribution in [2.24, 2.45) is 0 Å². The monoisotopic (exact) mass is 490 g/mol. The number of imidazole rings is 1. The molecule has 0 bridgehead atoms. The van der Waals surface area contributed by atoms with E-state index in [4.69, 9.17) is 4.98 Å². The third-order valence-electron chi connectivity index (χ3n) is 7.31. The first-order valence-corrected chi connectivity index (χ1v) is 13.1. The SMILES string of the molecule is Cc1nc(C(c2ccccc2)(c2ccccc2)c2ccccc2)c(Cc2ccc(-c3ccccc3)cc2)[nH]1. The van der Waals surface area contributed by atoms with Gasteiger partial charge in [-0.2, -0.15) is 0 Å². The van der Waals surface area contributed by atoms with E-state index in [-0.39, 0.29) is 0 Å². The van der Waals surface area contributed by atoms with Gasteiger partial charge in [0.25, 0.3) is 0 Å². The van der Waals surface area contributed by atoms with Gasteiger partial charge in [0.2, 0.25) is 0 Å². The summed E-state index contributed by atoms with van der Waals surface area (Å²) in [6.45, 7) is 2.05. The molecule has 0 spiro atoms. The molecule has 0 aliphatic rings. The first kappa shape index (κ1) is 23.7. The molecule has 2 nitrogen and oxygen atoms in total. The maximum absolute atomic E-state index is 5.22. The number of aromatic nitrogens is 2. The average Bonchev–Trinajstić information content (AvgIpc) is 3.36. The molecule has 0 unspecified atom stereocenters. The van der Waals surface area contributed by atoms with Crippen LogP contribution in [0.4, 0.5) is 0 Å². The predicted molar refractivity (Wildman–Crippen MR) is 156 cm³/mol. The van der Waals surface area contributed by atoms with Crippen LogP contribution in [0, 0.1) is 6.92 Å². The fourth-order valence-corrected chi connectivity index (χ4v) is 5.60. The van der Waals surface area contributed by atoms with Crippen molar-refractivity contribution in [3.05, 3.63) is 185 Å². The summed E-state index contributed by atoms with van der Waals surface area (Å²) in [6, 6.07) is 51.7. The minimum absolute atomic E-state index is 0.562. The van der Waals surface area contributed by atoms with Gasteiger partial charge in [0, 0.05) is 12.1 Å². The van der Waals surface area contributed by atoms with Gasteiger partial charge in [-0.15, -0.1) is 0 Å². The second-order valence-electron chi connectivity index (χ2n) is 9.74. The van der Waals surface area contributed by atoms with Crippen LogP contribution in [0.3, 0.4) is 0 Å². The lowest BCUT2D eigenvalue weighted by molar-refractivity contribution is 0.707. The van der Waals surface area contributed by atoms with Crippen LogP contribution in [0.5, 0.6) is 0 Å². The Hall–Kier alpha value is -4.69. The van der Waals surface area contributed by atoms with Crippen LogP contribution < -0.4 is 0 Å². The van der Waals surface area contributed by atoms with Crippen molar-refractivity contribution >= 4 is 0 Å². The number of hydrogen-bond donors (Lipinski definition) is 1. The zero-order valence-electron chi connectivity index (χ0n) is 21.5. The Morgan fingerprint density at radius 2 is 0.947 bits per heavy atom. The van der Waals surface area contributed by atoms with Gasteiger partial charge in [-0.1, -0.05) is 146 Å². The van der Waals surface area contributed by atoms with Crippen molar-refractivity contribution in [3.63, 3.8) is 0 Å². The van der Waals surface area contributed by atoms with Crippen LogP contribution in [-0.2, 0) is 11.8 Å². The zero-order chi connectivity index (χ0) is 25.8. The van der Waals surface area contributed by atoms with Crippen LogP contribution in [0.25, 0.3) is 11.1 Å². The fourth-order valence-electron chi connectivity index (χ4n) is 5.60. The molecular formula is C36H30N2. The van der Waals surface area contributed by atoms with Gasteiger partial charge in [-0.25, -0.2) is 4.98 Å². The summed E-state index contributed by atoms with van der Waals surface area (Å²) in [6.07, 6.45) is 0.763. The Balaban J connectivity index is 1.52. The number of nitrogens with one attached hydrogen (secondary N) is 1. The molecule has 1 aromatic heterocycles. The van der Waals surface area contributed by atoms with E-state index >= 15 is 0 Å². The van der Waals surface area contributed by atoms with Gasteiger partial charge in [-0.05, 0) is 40.3 Å². The lowest BCUT2D eigenvalue weighted by atomic mass is 9.66. The molecule has 0 saturated heterocycles. The molecule has 2 heteroatoms. The van der Waals surface area contributed by atoms with Crippen molar-refractivity contribution in [1.29, 1.82) is 0 Å². The van der Waals surface area contributed by atoms with Crippen molar-refractivity contribution < 1.29 is 0 Å². The van der Waals surface area contributed by atoms with Crippen LogP contribution >= 0.6 is 0 Å². The Kier molecular flexibility index (Phi) is 6.46. The van der Waals surface area contributed by atoms with Gasteiger partial charge in [0.15, 0.2) is 0 Å². The minimum atomic E-state index is -0.562. The molecular weight excluding hydrogens is 460 g/mol. The minimum Gasteiger partial charge on any atom is -0.346 e. The smallest absolute Gasteiger partial charge is 0.103 e. The lowest BCUT2D eigenvalue weighted by Crippen LogP contribution is -2.32. The summed E-state index contributed by atoms with van der Waals surface area (Å²) in [4.78, 5) is 8.86. The molecule has 0 aliphatic carbocycles. The fraction of sp³-hybridized carbons (Fsp3) is 0.0833. The van der Waals surface area contributed by atoms with Crippen LogP contribution in [0.15, 0.2) is 146 Å². The highest BCUT2D eigenvalue weighted by atomic mass is 14.9. The summed E-state index contributed by atoms with van der Waals surface area (Å²) >= 11 is 0. The van der Waals surface area contributed by atoms with Crippen LogP contribution in [-0.4, -0.2) is 9.97 Å². The Morgan fingerprint density at radius 1 is 0.526 bits per heavy atom. The molecule has 1 heterocycles. The molecule has 6 aromatic rings. The van der Waals surface area contributed by atoms with Crippen molar-refractivity contribution in [2.45, 2.75) is 18.8 Å². The normalized spacial score (nSPS) is 11.4. The molecule has 0 saturated carbocycles. The Morgan fingerprint density at radius 3 is 1.42 bits per heavy atom. The van der Waals surface area contributed by atoms with E-state index in [1.54, 1.807) is 0 Å². The van der Waals surface area contributed by atoms with E-state index in [2.05, 4.69) is 158 Å². The number of benzene rings is 5. The largest absolute Gasteiger partial charge is 0.346 e. The number of rotatable bonds is 7. The van der Waals surface area contributed by atoms with E-state index < -0.39 is 5.41 Å². The molecule has 1 N–H and O–H groups in total. The molecule has 0 radical (unpaired) electrons. The highest BCUT2D eigenvalue weighted by Gasteiger charge is 2.42. The second-order valence-corrected chi connectivity index (χ2v) is 9.74. The van der Waals surface area contributed by atoms with E-state index in [1.807, 2.05) is 0 Å². The van der Waals surface area contributed by atoms with Crippen molar-refractivity contribution in [3.8, 4) is 11.1 Å². The van der Waals surface area contributed by atoms with Gasteiger partial charge in [0.05, 0.1) is 11.1 Å². The Labute approximate surface area is 224 Å². The summed E-state index contributed by atoms with van der Waals surface area (Å²) in [5, 5.41) is 0. The van der Waals surface area contributed by atoms with Gasteiger partial charge in [-0.3, -0.25) is 0 Å². The topological polar surface area (TPSA) is 28.7 Å². The number of aryl methyl sites for hydroxylation is 1. The van der Waals surface area contributed by atoms with E-state index in [0.717, 1.165) is 23.6 Å². The molecule has 38 heavy (non-hydrogen) atoms. The lowest BCUT2D eigenvalue weighted by Gasteiger charge is -2.35. The van der Waals surface area contributed by atoms with Crippen LogP contribution in [0.2, 0.25) is 0 Å². The molecule has 0 aliphatic heterocycles. The van der Waals surface area contributed by atoms with Gasteiger partial charge >= 0.3 is 0 Å². The molecule has 0 atom stereocenters. The summed E-state index contributed by atoms with van der Waals surface area (Å²) < 4.78 is 0. The van der Waals surface area contributed by atoms with E-state index in [1.165, 1.54) is 33.4 Å². The number of aromatic amines is 1. The Bertz CT molecular complexity index is 1510. The summed E-state index contributed by atoms with van der Waals surface area (Å²) in [5.41, 5.74) is 8.91. The average molecular weight is 491 g/mol. The standard InChI is InChI=1S/C36H30N2/c1-27-37-34(26-28-22-24-30(25-23-28)29-14-6-2-7-15-29)35(38-27)36(31-16-8-3-9-17-31,32-18-10-4-11-19-32)33-20-12-5-13-21-33/h2-25H,26H2,1H3,(H,37,38). The molecule has 184 valence electrons. The maximum atomic E-state index is 5.22. The number of nitrogens with zero attached hydrogens (tertiary/aromatic N) is 1. The van der Waals surface area contributed by atoms with E-state index in [0.29, 0.717) is 0 Å². The molecule has 0 amide bonds. The first-order chi connectivity index (χ1) is 18.7. The summed E-state index contributed by atoms with van der Waals surface area (Å²) in [5.74, 6) is 0.920. The second kappa shape index (κ2) is 10.4. The van der Waals surface area contributed by atoms with Gasteiger partial charge < -0.3 is 4.98 Å². The molecule has 6 rings (SSSR count). The zero-order valence-corrected chi connectivity index (χ0v) is 21.5. The molecule has 5 aromatic carbocycles. The third kappa shape index (κ3) is 4.35. The number of H-pyrrole nitrogens is 1. The highest BCUT2D eigenvalue weighted by molar-refractivity contribution is 5.64. The van der Waals surface area contributed by atoms with Crippen LogP contribution in [0.1, 0.15) is 39.5 Å². The van der Waals surface area contributed by atoms with Crippen molar-refractivity contribution in [1.82, 2.24) is 9.97 Å². The number of hydrogen-bond acceptors (Lipinski definition) is 1. The highest BCUT2D eigenvalue weighted by Crippen LogP contribution is 2.45. The van der Waals surface area contributed by atoms with Gasteiger partial charge in [0.1, 0.15) is 5.82 Å². The third-order valence-corrected chi connectivity index (χ3v) is 7.31. The van der Waals surface area contributed by atoms with E-state index in [9.17, 15) is 0 Å². The quantitative estimate of drug-likeness (QED) is 0.224. The molecule has 0 fully saturated rings.